The van der Waals surface area contributed by atoms with Crippen LogP contribution in [-0.4, -0.2) is 23.1 Å². The molecule has 1 saturated carbocycles. The third kappa shape index (κ3) is 4.16. The van der Waals surface area contributed by atoms with E-state index in [-0.39, 0.29) is 16.8 Å². The van der Waals surface area contributed by atoms with Crippen molar-refractivity contribution in [1.82, 2.24) is 4.98 Å². The molecule has 1 aliphatic rings. The Labute approximate surface area is 156 Å². The summed E-state index contributed by atoms with van der Waals surface area (Å²) in [4.78, 5) is 14.3. The van der Waals surface area contributed by atoms with Gasteiger partial charge in [-0.05, 0) is 31.7 Å². The van der Waals surface area contributed by atoms with Crippen molar-refractivity contribution in [2.75, 3.05) is 12.4 Å². The molecule has 1 aromatic heterocycles. The monoisotopic (exact) mass is 377 g/mol. The van der Waals surface area contributed by atoms with E-state index in [2.05, 4.69) is 10.3 Å². The summed E-state index contributed by atoms with van der Waals surface area (Å²) in [5.41, 5.74) is 0.764. The van der Waals surface area contributed by atoms with Crippen LogP contribution in [-0.2, 0) is 6.54 Å². The average Bonchev–Trinajstić information content (AvgIpc) is 3.14. The number of rotatable bonds is 7. The molecule has 26 heavy (non-hydrogen) atoms. The van der Waals surface area contributed by atoms with Crippen LogP contribution in [0.25, 0.3) is 0 Å². The summed E-state index contributed by atoms with van der Waals surface area (Å²) in [7, 11) is 1.61. The lowest BCUT2D eigenvalue weighted by molar-refractivity contribution is -0.385. The molecule has 138 valence electrons. The van der Waals surface area contributed by atoms with Gasteiger partial charge in [0.15, 0.2) is 11.5 Å². The van der Waals surface area contributed by atoms with Gasteiger partial charge in [-0.15, -0.1) is 0 Å². The van der Waals surface area contributed by atoms with Crippen molar-refractivity contribution in [3.63, 3.8) is 0 Å². The molecule has 0 spiro atoms. The normalized spacial score (nSPS) is 14.2. The van der Waals surface area contributed by atoms with Crippen LogP contribution in [0.4, 0.5) is 11.5 Å². The molecule has 2 aromatic rings. The minimum absolute atomic E-state index is 0.146. The lowest BCUT2D eigenvalue weighted by atomic mass is 10.1. The van der Waals surface area contributed by atoms with E-state index in [1.807, 2.05) is 18.2 Å². The fourth-order valence-corrected chi connectivity index (χ4v) is 3.23. The van der Waals surface area contributed by atoms with E-state index in [1.165, 1.54) is 25.1 Å². The standard InChI is InChI=1S/C18H20ClN3O4/c1-25-16-8-4-5-12(17(16)26-14-6-2-3-7-14)10-20-18-15(19)9-13(11-21-18)22(23)24/h4-5,8-9,11,14H,2-3,6-7,10H2,1H3,(H,20,21). The Hall–Kier alpha value is -2.54. The number of halogens is 1. The molecule has 0 unspecified atom stereocenters. The molecule has 1 aromatic carbocycles. The third-order valence-electron chi connectivity index (χ3n) is 4.35. The highest BCUT2D eigenvalue weighted by atomic mass is 35.5. The quantitative estimate of drug-likeness (QED) is 0.561. The number of nitrogens with one attached hydrogen (secondary N) is 1. The van der Waals surface area contributed by atoms with Gasteiger partial charge in [-0.1, -0.05) is 23.7 Å². The number of methoxy groups -OCH3 is 1. The van der Waals surface area contributed by atoms with Gasteiger partial charge in [-0.2, -0.15) is 0 Å². The van der Waals surface area contributed by atoms with Crippen LogP contribution in [0.2, 0.25) is 5.02 Å². The summed E-state index contributed by atoms with van der Waals surface area (Å²) >= 11 is 6.09. The van der Waals surface area contributed by atoms with Gasteiger partial charge in [0.25, 0.3) is 5.69 Å². The van der Waals surface area contributed by atoms with Gasteiger partial charge in [0, 0.05) is 18.2 Å². The van der Waals surface area contributed by atoms with Gasteiger partial charge in [0.2, 0.25) is 0 Å². The molecule has 3 rings (SSSR count). The summed E-state index contributed by atoms with van der Waals surface area (Å²) in [6.07, 6.45) is 5.81. The maximum Gasteiger partial charge on any atom is 0.289 e. The number of para-hydroxylation sites is 1. The molecule has 0 radical (unpaired) electrons. The lowest BCUT2D eigenvalue weighted by Crippen LogP contribution is -2.14. The van der Waals surface area contributed by atoms with E-state index in [9.17, 15) is 10.1 Å². The van der Waals surface area contributed by atoms with Crippen molar-refractivity contribution in [2.24, 2.45) is 0 Å². The number of benzene rings is 1. The van der Waals surface area contributed by atoms with Gasteiger partial charge in [0.05, 0.1) is 23.2 Å². The molecule has 1 heterocycles. The number of pyridine rings is 1. The van der Waals surface area contributed by atoms with Crippen LogP contribution in [0.3, 0.4) is 0 Å². The number of aromatic nitrogens is 1. The molecule has 0 amide bonds. The lowest BCUT2D eigenvalue weighted by Gasteiger charge is -2.19. The smallest absolute Gasteiger partial charge is 0.289 e. The largest absolute Gasteiger partial charge is 0.493 e. The number of hydrogen-bond acceptors (Lipinski definition) is 6. The van der Waals surface area contributed by atoms with Crippen LogP contribution < -0.4 is 14.8 Å². The van der Waals surface area contributed by atoms with Crippen LogP contribution in [0.1, 0.15) is 31.2 Å². The van der Waals surface area contributed by atoms with Gasteiger partial charge >= 0.3 is 0 Å². The van der Waals surface area contributed by atoms with Crippen molar-refractivity contribution in [3.05, 3.63) is 51.2 Å². The van der Waals surface area contributed by atoms with Gasteiger partial charge < -0.3 is 14.8 Å². The summed E-state index contributed by atoms with van der Waals surface area (Å²) in [5, 5.41) is 14.1. The molecule has 0 aliphatic heterocycles. The molecule has 1 aliphatic carbocycles. The Balaban J connectivity index is 1.78. The zero-order valence-corrected chi connectivity index (χ0v) is 15.2. The van der Waals surface area contributed by atoms with Gasteiger partial charge in [-0.25, -0.2) is 4.98 Å². The molecule has 0 bridgehead atoms. The first kappa shape index (κ1) is 18.3. The Morgan fingerprint density at radius 2 is 2.15 bits per heavy atom. The number of nitro groups is 1. The Morgan fingerprint density at radius 3 is 2.81 bits per heavy atom. The predicted molar refractivity (Wildman–Crippen MR) is 99.1 cm³/mol. The molecule has 0 atom stereocenters. The first-order valence-corrected chi connectivity index (χ1v) is 8.82. The van der Waals surface area contributed by atoms with Crippen molar-refractivity contribution in [3.8, 4) is 11.5 Å². The summed E-state index contributed by atoms with van der Waals surface area (Å²) in [5.74, 6) is 1.78. The van der Waals surface area contributed by atoms with Gasteiger partial charge in [0.1, 0.15) is 12.0 Å². The Morgan fingerprint density at radius 1 is 1.38 bits per heavy atom. The summed E-state index contributed by atoms with van der Waals surface area (Å²) in [6.45, 7) is 0.407. The van der Waals surface area contributed by atoms with E-state index in [0.717, 1.165) is 18.4 Å². The Kier molecular flexibility index (Phi) is 5.78. The van der Waals surface area contributed by atoms with E-state index in [4.69, 9.17) is 21.1 Å². The van der Waals surface area contributed by atoms with Gasteiger partial charge in [-0.3, -0.25) is 10.1 Å². The minimum Gasteiger partial charge on any atom is -0.493 e. The zero-order valence-electron chi connectivity index (χ0n) is 14.4. The van der Waals surface area contributed by atoms with E-state index in [0.29, 0.717) is 23.9 Å². The highest BCUT2D eigenvalue weighted by Gasteiger charge is 2.20. The predicted octanol–water partition coefficient (Wildman–Crippen LogP) is 4.59. The molecular formula is C18H20ClN3O4. The van der Waals surface area contributed by atoms with Crippen molar-refractivity contribution in [2.45, 2.75) is 38.3 Å². The number of anilines is 1. The maximum absolute atomic E-state index is 10.8. The summed E-state index contributed by atoms with van der Waals surface area (Å²) in [6, 6.07) is 6.98. The Bertz CT molecular complexity index is 794. The molecule has 1 fully saturated rings. The topological polar surface area (TPSA) is 86.5 Å². The first-order chi connectivity index (χ1) is 12.6. The SMILES string of the molecule is COc1cccc(CNc2ncc([N+](=O)[O-])cc2Cl)c1OC1CCCC1. The number of hydrogen-bond donors (Lipinski definition) is 1. The van der Waals surface area contributed by atoms with Crippen molar-refractivity contribution < 1.29 is 14.4 Å². The van der Waals surface area contributed by atoms with Crippen LogP contribution >= 0.6 is 11.6 Å². The summed E-state index contributed by atoms with van der Waals surface area (Å²) < 4.78 is 11.6. The number of nitrogens with zero attached hydrogens (tertiary/aromatic N) is 2. The average molecular weight is 378 g/mol. The molecule has 0 saturated heterocycles. The molecule has 8 heteroatoms. The van der Waals surface area contributed by atoms with E-state index in [1.54, 1.807) is 7.11 Å². The van der Waals surface area contributed by atoms with Crippen molar-refractivity contribution in [1.29, 1.82) is 0 Å². The maximum atomic E-state index is 10.8. The second kappa shape index (κ2) is 8.23. The highest BCUT2D eigenvalue weighted by molar-refractivity contribution is 6.33. The molecule has 7 nitrogen and oxygen atoms in total. The molecule has 1 N–H and O–H groups in total. The second-order valence-electron chi connectivity index (χ2n) is 6.11. The second-order valence-corrected chi connectivity index (χ2v) is 6.51. The van der Waals surface area contributed by atoms with E-state index >= 15 is 0 Å². The number of ether oxygens (including phenoxy) is 2. The van der Waals surface area contributed by atoms with Crippen LogP contribution in [0, 0.1) is 10.1 Å². The highest BCUT2D eigenvalue weighted by Crippen LogP contribution is 2.35. The third-order valence-corrected chi connectivity index (χ3v) is 4.64. The van der Waals surface area contributed by atoms with E-state index < -0.39 is 4.92 Å². The van der Waals surface area contributed by atoms with Crippen LogP contribution in [0.5, 0.6) is 11.5 Å². The van der Waals surface area contributed by atoms with Crippen molar-refractivity contribution >= 4 is 23.1 Å². The molecular weight excluding hydrogens is 358 g/mol. The van der Waals surface area contributed by atoms with Crippen LogP contribution in [0.15, 0.2) is 30.5 Å². The minimum atomic E-state index is -0.529. The fraction of sp³-hybridized carbons (Fsp3) is 0.389. The zero-order chi connectivity index (χ0) is 18.5. The fourth-order valence-electron chi connectivity index (χ4n) is 3.00. The first-order valence-electron chi connectivity index (χ1n) is 8.45.